The molecule has 20 heavy (non-hydrogen) atoms. The molecule has 2 rings (SSSR count). The number of nitrogens with zero attached hydrogens (tertiary/aromatic N) is 1. The number of rotatable bonds is 3. The van der Waals surface area contributed by atoms with Gasteiger partial charge in [0, 0.05) is 23.2 Å². The van der Waals surface area contributed by atoms with E-state index in [-0.39, 0.29) is 5.91 Å². The third-order valence-electron chi connectivity index (χ3n) is 4.83. The lowest BCUT2D eigenvalue weighted by atomic mass is 9.74. The molecule has 0 unspecified atom stereocenters. The Labute approximate surface area is 129 Å². The molecule has 3 nitrogen and oxygen atoms in total. The van der Waals surface area contributed by atoms with E-state index in [1.54, 1.807) is 12.1 Å². The van der Waals surface area contributed by atoms with Crippen LogP contribution in [0.5, 0.6) is 0 Å². The molecular formula is C16H23BrN2O. The number of carbonyl (C=O) groups excluding carboxylic acids is 1. The van der Waals surface area contributed by atoms with Gasteiger partial charge in [0.25, 0.3) is 5.91 Å². The molecule has 110 valence electrons. The second kappa shape index (κ2) is 6.17. The maximum Gasteiger partial charge on any atom is 0.255 e. The molecule has 4 heteroatoms. The lowest BCUT2D eigenvalue weighted by molar-refractivity contribution is 0.0557. The van der Waals surface area contributed by atoms with E-state index in [1.165, 1.54) is 12.8 Å². The highest BCUT2D eigenvalue weighted by Crippen LogP contribution is 2.38. The fourth-order valence-electron chi connectivity index (χ4n) is 3.02. The van der Waals surface area contributed by atoms with Crippen LogP contribution in [0.2, 0.25) is 0 Å². The predicted octanol–water partition coefficient (Wildman–Crippen LogP) is 4.07. The van der Waals surface area contributed by atoms with E-state index in [4.69, 9.17) is 5.73 Å². The Hall–Kier alpha value is -1.03. The summed E-state index contributed by atoms with van der Waals surface area (Å²) in [5.74, 6) is 0.0879. The second-order valence-corrected chi connectivity index (χ2v) is 6.59. The smallest absolute Gasteiger partial charge is 0.255 e. The largest absolute Gasteiger partial charge is 0.399 e. The predicted molar refractivity (Wildman–Crippen MR) is 86.7 cm³/mol. The summed E-state index contributed by atoms with van der Waals surface area (Å²) in [5.41, 5.74) is 7.53. The van der Waals surface area contributed by atoms with Gasteiger partial charge in [0.1, 0.15) is 0 Å². The number of amides is 1. The molecule has 1 aromatic carbocycles. The molecule has 0 bridgehead atoms. The van der Waals surface area contributed by atoms with Gasteiger partial charge in [-0.3, -0.25) is 4.79 Å². The van der Waals surface area contributed by atoms with Gasteiger partial charge in [-0.2, -0.15) is 0 Å². The Balaban J connectivity index is 2.10. The van der Waals surface area contributed by atoms with Crippen LogP contribution in [0.15, 0.2) is 22.7 Å². The van der Waals surface area contributed by atoms with E-state index in [9.17, 15) is 4.79 Å². The molecule has 1 aromatic rings. The monoisotopic (exact) mass is 338 g/mol. The Morgan fingerprint density at radius 3 is 2.45 bits per heavy atom. The first-order valence-corrected chi connectivity index (χ1v) is 8.15. The standard InChI is InChI=1S/C16H23BrN2O/c1-3-16(4-2)7-9-19(10-8-16)15(20)13-11-12(18)5-6-14(13)17/h5-6,11H,3-4,7-10,18H2,1-2H3. The molecule has 1 saturated heterocycles. The van der Waals surface area contributed by atoms with Gasteiger partial charge in [-0.1, -0.05) is 26.7 Å². The lowest BCUT2D eigenvalue weighted by Gasteiger charge is -2.41. The first-order valence-electron chi connectivity index (χ1n) is 7.35. The quantitative estimate of drug-likeness (QED) is 0.844. The molecule has 0 spiro atoms. The summed E-state index contributed by atoms with van der Waals surface area (Å²) in [7, 11) is 0. The molecule has 0 aromatic heterocycles. The highest BCUT2D eigenvalue weighted by Gasteiger charge is 2.33. The Bertz CT molecular complexity index is 487. The molecule has 1 heterocycles. The van der Waals surface area contributed by atoms with E-state index in [2.05, 4.69) is 29.8 Å². The van der Waals surface area contributed by atoms with Gasteiger partial charge in [-0.15, -0.1) is 0 Å². The summed E-state index contributed by atoms with van der Waals surface area (Å²) in [6, 6.07) is 5.40. The summed E-state index contributed by atoms with van der Waals surface area (Å²) >= 11 is 3.44. The zero-order chi connectivity index (χ0) is 14.8. The normalized spacial score (nSPS) is 18.1. The van der Waals surface area contributed by atoms with Crippen molar-refractivity contribution in [2.75, 3.05) is 18.8 Å². The van der Waals surface area contributed by atoms with Crippen molar-refractivity contribution in [1.29, 1.82) is 0 Å². The van der Waals surface area contributed by atoms with Crippen LogP contribution >= 0.6 is 15.9 Å². The number of benzene rings is 1. The van der Waals surface area contributed by atoms with E-state index >= 15 is 0 Å². The number of anilines is 1. The molecule has 2 N–H and O–H groups in total. The van der Waals surface area contributed by atoms with E-state index < -0.39 is 0 Å². The van der Waals surface area contributed by atoms with Crippen LogP contribution in [0.4, 0.5) is 5.69 Å². The third-order valence-corrected chi connectivity index (χ3v) is 5.52. The lowest BCUT2D eigenvalue weighted by Crippen LogP contribution is -2.42. The van der Waals surface area contributed by atoms with Gasteiger partial charge in [0.05, 0.1) is 5.56 Å². The van der Waals surface area contributed by atoms with Crippen LogP contribution in [-0.4, -0.2) is 23.9 Å². The van der Waals surface area contributed by atoms with Crippen molar-refractivity contribution >= 4 is 27.5 Å². The van der Waals surface area contributed by atoms with Crippen molar-refractivity contribution in [3.63, 3.8) is 0 Å². The third kappa shape index (κ3) is 3.00. The molecular weight excluding hydrogens is 316 g/mol. The molecule has 0 aliphatic carbocycles. The molecule has 1 aliphatic heterocycles. The van der Waals surface area contributed by atoms with Gasteiger partial charge in [0.2, 0.25) is 0 Å². The SMILES string of the molecule is CCC1(CC)CCN(C(=O)c2cc(N)ccc2Br)CC1. The van der Waals surface area contributed by atoms with E-state index in [0.717, 1.165) is 30.4 Å². The van der Waals surface area contributed by atoms with Crippen molar-refractivity contribution in [2.45, 2.75) is 39.5 Å². The summed E-state index contributed by atoms with van der Waals surface area (Å²) < 4.78 is 0.819. The highest BCUT2D eigenvalue weighted by molar-refractivity contribution is 9.10. The van der Waals surface area contributed by atoms with Crippen LogP contribution in [0, 0.1) is 5.41 Å². The van der Waals surface area contributed by atoms with Crippen LogP contribution < -0.4 is 5.73 Å². The van der Waals surface area contributed by atoms with Crippen molar-refractivity contribution < 1.29 is 4.79 Å². The van der Waals surface area contributed by atoms with Crippen LogP contribution in [0.25, 0.3) is 0 Å². The summed E-state index contributed by atoms with van der Waals surface area (Å²) in [5, 5.41) is 0. The topological polar surface area (TPSA) is 46.3 Å². The number of nitrogen functional groups attached to an aromatic ring is 1. The summed E-state index contributed by atoms with van der Waals surface area (Å²) in [6.45, 7) is 6.22. The fourth-order valence-corrected chi connectivity index (χ4v) is 3.43. The minimum absolute atomic E-state index is 0.0879. The van der Waals surface area contributed by atoms with E-state index in [1.807, 2.05) is 11.0 Å². The maximum absolute atomic E-state index is 12.6. The summed E-state index contributed by atoms with van der Waals surface area (Å²) in [6.07, 6.45) is 4.61. The van der Waals surface area contributed by atoms with Gasteiger partial charge in [-0.05, 0) is 52.4 Å². The summed E-state index contributed by atoms with van der Waals surface area (Å²) in [4.78, 5) is 14.6. The molecule has 0 saturated carbocycles. The number of hydrogen-bond donors (Lipinski definition) is 1. The number of halogens is 1. The number of carbonyl (C=O) groups is 1. The van der Waals surface area contributed by atoms with Gasteiger partial charge < -0.3 is 10.6 Å². The minimum atomic E-state index is 0.0879. The zero-order valence-electron chi connectivity index (χ0n) is 12.3. The maximum atomic E-state index is 12.6. The molecule has 1 aliphatic rings. The average Bonchev–Trinajstić information content (AvgIpc) is 2.49. The van der Waals surface area contributed by atoms with Crippen molar-refractivity contribution in [2.24, 2.45) is 5.41 Å². The minimum Gasteiger partial charge on any atom is -0.399 e. The number of hydrogen-bond acceptors (Lipinski definition) is 2. The van der Waals surface area contributed by atoms with Gasteiger partial charge in [0.15, 0.2) is 0 Å². The Morgan fingerprint density at radius 2 is 1.90 bits per heavy atom. The number of likely N-dealkylation sites (tertiary alicyclic amines) is 1. The Kier molecular flexibility index (Phi) is 4.74. The molecule has 0 radical (unpaired) electrons. The van der Waals surface area contributed by atoms with Crippen molar-refractivity contribution in [3.8, 4) is 0 Å². The van der Waals surface area contributed by atoms with Crippen LogP contribution in [-0.2, 0) is 0 Å². The van der Waals surface area contributed by atoms with E-state index in [0.29, 0.717) is 16.7 Å². The molecule has 0 atom stereocenters. The number of nitrogens with two attached hydrogens (primary N) is 1. The fraction of sp³-hybridized carbons (Fsp3) is 0.562. The Morgan fingerprint density at radius 1 is 1.30 bits per heavy atom. The van der Waals surface area contributed by atoms with Crippen LogP contribution in [0.3, 0.4) is 0 Å². The first kappa shape index (κ1) is 15.4. The number of piperidine rings is 1. The van der Waals surface area contributed by atoms with Gasteiger partial charge in [-0.25, -0.2) is 0 Å². The first-order chi connectivity index (χ1) is 9.51. The second-order valence-electron chi connectivity index (χ2n) is 5.74. The van der Waals surface area contributed by atoms with Gasteiger partial charge >= 0.3 is 0 Å². The van der Waals surface area contributed by atoms with Crippen LogP contribution in [0.1, 0.15) is 49.9 Å². The highest BCUT2D eigenvalue weighted by atomic mass is 79.9. The zero-order valence-corrected chi connectivity index (χ0v) is 13.9. The molecule has 1 amide bonds. The average molecular weight is 339 g/mol. The van der Waals surface area contributed by atoms with Crippen molar-refractivity contribution in [1.82, 2.24) is 4.90 Å². The van der Waals surface area contributed by atoms with Crippen molar-refractivity contribution in [3.05, 3.63) is 28.2 Å². The molecule has 1 fully saturated rings.